The molecule has 2 aliphatic rings. The van der Waals surface area contributed by atoms with Crippen LogP contribution in [0, 0.1) is 11.8 Å². The van der Waals surface area contributed by atoms with Gasteiger partial charge in [0.2, 0.25) is 0 Å². The van der Waals surface area contributed by atoms with Crippen molar-refractivity contribution in [1.29, 1.82) is 0 Å². The number of ether oxygens (including phenoxy) is 1. The molecule has 0 spiro atoms. The second kappa shape index (κ2) is 7.04. The molecule has 23 heavy (non-hydrogen) atoms. The third-order valence-corrected chi connectivity index (χ3v) is 6.09. The maximum absolute atomic E-state index is 12.8. The van der Waals surface area contributed by atoms with Crippen LogP contribution < -0.4 is 0 Å². The topological polar surface area (TPSA) is 46.6 Å². The van der Waals surface area contributed by atoms with Crippen LogP contribution in [0.5, 0.6) is 0 Å². The SMILES string of the molecule is CCOC(=O)C1CCN(C(=O)c2csc3c2CC[C@@H](C)C3)CC1. The molecule has 2 heterocycles. The smallest absolute Gasteiger partial charge is 0.309 e. The first kappa shape index (κ1) is 16.5. The molecular formula is C18H25NO3S. The molecule has 0 radical (unpaired) electrons. The molecule has 0 N–H and O–H groups in total. The van der Waals surface area contributed by atoms with Crippen molar-refractivity contribution in [2.45, 2.75) is 46.0 Å². The highest BCUT2D eigenvalue weighted by Crippen LogP contribution is 2.34. The van der Waals surface area contributed by atoms with Gasteiger partial charge in [-0.25, -0.2) is 0 Å². The standard InChI is InChI=1S/C18H25NO3S/c1-3-22-18(21)13-6-8-19(9-7-13)17(20)15-11-23-16-10-12(2)4-5-14(15)16/h11-13H,3-10H2,1-2H3/t12-/m1/s1. The van der Waals surface area contributed by atoms with Gasteiger partial charge in [-0.05, 0) is 50.5 Å². The summed E-state index contributed by atoms with van der Waals surface area (Å²) in [4.78, 5) is 27.9. The molecule has 3 rings (SSSR count). The van der Waals surface area contributed by atoms with E-state index in [1.54, 1.807) is 11.3 Å². The van der Waals surface area contributed by atoms with E-state index < -0.39 is 0 Å². The van der Waals surface area contributed by atoms with Gasteiger partial charge in [0.25, 0.3) is 5.91 Å². The molecule has 1 atom stereocenters. The van der Waals surface area contributed by atoms with Gasteiger partial charge in [0.1, 0.15) is 0 Å². The molecule has 126 valence electrons. The van der Waals surface area contributed by atoms with Gasteiger partial charge in [0.15, 0.2) is 0 Å². The second-order valence-corrected chi connectivity index (χ2v) is 7.68. The van der Waals surface area contributed by atoms with Gasteiger partial charge in [-0.15, -0.1) is 11.3 Å². The zero-order valence-electron chi connectivity index (χ0n) is 14.0. The number of thiophene rings is 1. The van der Waals surface area contributed by atoms with E-state index in [0.717, 1.165) is 24.3 Å². The van der Waals surface area contributed by atoms with Gasteiger partial charge in [-0.3, -0.25) is 9.59 Å². The van der Waals surface area contributed by atoms with E-state index in [9.17, 15) is 9.59 Å². The Kier molecular flexibility index (Phi) is 5.05. The van der Waals surface area contributed by atoms with Crippen LogP contribution in [0.2, 0.25) is 0 Å². The van der Waals surface area contributed by atoms with Gasteiger partial charge in [0, 0.05) is 23.3 Å². The number of rotatable bonds is 3. The molecule has 0 bridgehead atoms. The molecule has 0 aromatic carbocycles. The van der Waals surface area contributed by atoms with E-state index >= 15 is 0 Å². The van der Waals surface area contributed by atoms with Crippen LogP contribution >= 0.6 is 11.3 Å². The highest BCUT2D eigenvalue weighted by atomic mass is 32.1. The summed E-state index contributed by atoms with van der Waals surface area (Å²) < 4.78 is 5.09. The van der Waals surface area contributed by atoms with Crippen LogP contribution in [0.1, 0.15) is 53.9 Å². The zero-order valence-corrected chi connectivity index (χ0v) is 14.8. The number of nitrogens with zero attached hydrogens (tertiary/aromatic N) is 1. The first-order valence-electron chi connectivity index (χ1n) is 8.65. The van der Waals surface area contributed by atoms with E-state index in [4.69, 9.17) is 4.74 Å². The first-order valence-corrected chi connectivity index (χ1v) is 9.53. The Hall–Kier alpha value is -1.36. The molecule has 1 aromatic rings. The summed E-state index contributed by atoms with van der Waals surface area (Å²) >= 11 is 1.74. The number of hydrogen-bond donors (Lipinski definition) is 0. The van der Waals surface area contributed by atoms with Gasteiger partial charge in [-0.1, -0.05) is 6.92 Å². The lowest BCUT2D eigenvalue weighted by Crippen LogP contribution is -2.40. The normalized spacial score (nSPS) is 21.8. The van der Waals surface area contributed by atoms with Crippen molar-refractivity contribution >= 4 is 23.2 Å². The van der Waals surface area contributed by atoms with Crippen molar-refractivity contribution < 1.29 is 14.3 Å². The second-order valence-electron chi connectivity index (χ2n) is 6.72. The number of amides is 1. The van der Waals surface area contributed by atoms with Gasteiger partial charge in [0.05, 0.1) is 18.1 Å². The van der Waals surface area contributed by atoms with Crippen LogP contribution in [-0.2, 0) is 22.4 Å². The lowest BCUT2D eigenvalue weighted by atomic mass is 9.88. The number of carbonyl (C=O) groups excluding carboxylic acids is 2. The molecule has 1 fully saturated rings. The minimum atomic E-state index is -0.110. The average molecular weight is 335 g/mol. The third-order valence-electron chi connectivity index (χ3n) is 5.03. The van der Waals surface area contributed by atoms with Crippen molar-refractivity contribution in [3.05, 3.63) is 21.4 Å². The van der Waals surface area contributed by atoms with Crippen LogP contribution in [-0.4, -0.2) is 36.5 Å². The van der Waals surface area contributed by atoms with Crippen molar-refractivity contribution in [2.75, 3.05) is 19.7 Å². The summed E-state index contributed by atoms with van der Waals surface area (Å²) in [6, 6.07) is 0. The minimum absolute atomic E-state index is 0.0451. The van der Waals surface area contributed by atoms with Crippen molar-refractivity contribution in [2.24, 2.45) is 11.8 Å². The first-order chi connectivity index (χ1) is 11.1. The molecular weight excluding hydrogens is 310 g/mol. The molecule has 1 aliphatic heterocycles. The molecule has 1 amide bonds. The van der Waals surface area contributed by atoms with E-state index in [-0.39, 0.29) is 17.8 Å². The molecule has 0 saturated carbocycles. The highest BCUT2D eigenvalue weighted by molar-refractivity contribution is 7.10. The maximum Gasteiger partial charge on any atom is 0.309 e. The lowest BCUT2D eigenvalue weighted by molar-refractivity contribution is -0.149. The number of esters is 1. The van der Waals surface area contributed by atoms with Gasteiger partial charge in [-0.2, -0.15) is 0 Å². The van der Waals surface area contributed by atoms with Gasteiger partial charge < -0.3 is 9.64 Å². The number of hydrogen-bond acceptors (Lipinski definition) is 4. The Labute approximate surface area is 141 Å². The Morgan fingerprint density at radius 2 is 2.04 bits per heavy atom. The molecule has 1 aliphatic carbocycles. The summed E-state index contributed by atoms with van der Waals surface area (Å²) in [5.74, 6) is 0.724. The monoisotopic (exact) mass is 335 g/mol. The van der Waals surface area contributed by atoms with Crippen LogP contribution in [0.3, 0.4) is 0 Å². The fourth-order valence-corrected chi connectivity index (χ4v) is 4.84. The number of piperidine rings is 1. The summed E-state index contributed by atoms with van der Waals surface area (Å²) in [5, 5.41) is 2.04. The Bertz CT molecular complexity index is 587. The third kappa shape index (κ3) is 3.44. The van der Waals surface area contributed by atoms with E-state index in [1.807, 2.05) is 17.2 Å². The van der Waals surface area contributed by atoms with Crippen LogP contribution in [0.4, 0.5) is 0 Å². The number of fused-ring (bicyclic) bond motifs is 1. The molecule has 0 unspecified atom stereocenters. The highest BCUT2D eigenvalue weighted by Gasteiger charge is 2.31. The summed E-state index contributed by atoms with van der Waals surface area (Å²) in [7, 11) is 0. The fraction of sp³-hybridized carbons (Fsp3) is 0.667. The summed E-state index contributed by atoms with van der Waals surface area (Å²) in [6.45, 7) is 5.85. The molecule has 5 heteroatoms. The fourth-order valence-electron chi connectivity index (χ4n) is 3.61. The predicted octanol–water partition coefficient (Wildman–Crippen LogP) is 3.29. The molecule has 1 aromatic heterocycles. The summed E-state index contributed by atoms with van der Waals surface area (Å²) in [6.07, 6.45) is 4.75. The molecule has 1 saturated heterocycles. The van der Waals surface area contributed by atoms with E-state index in [1.165, 1.54) is 16.9 Å². The minimum Gasteiger partial charge on any atom is -0.466 e. The predicted molar refractivity (Wildman–Crippen MR) is 90.8 cm³/mol. The summed E-state index contributed by atoms with van der Waals surface area (Å²) in [5.41, 5.74) is 2.19. The van der Waals surface area contributed by atoms with E-state index in [2.05, 4.69) is 6.92 Å². The number of likely N-dealkylation sites (tertiary alicyclic amines) is 1. The van der Waals surface area contributed by atoms with Gasteiger partial charge >= 0.3 is 5.97 Å². The van der Waals surface area contributed by atoms with Crippen molar-refractivity contribution in [3.63, 3.8) is 0 Å². The lowest BCUT2D eigenvalue weighted by Gasteiger charge is -2.31. The quantitative estimate of drug-likeness (QED) is 0.796. The average Bonchev–Trinajstić information content (AvgIpc) is 2.97. The van der Waals surface area contributed by atoms with E-state index in [0.29, 0.717) is 32.5 Å². The maximum atomic E-state index is 12.8. The van der Waals surface area contributed by atoms with Crippen LogP contribution in [0.15, 0.2) is 5.38 Å². The molecule has 4 nitrogen and oxygen atoms in total. The largest absolute Gasteiger partial charge is 0.466 e. The van der Waals surface area contributed by atoms with Crippen molar-refractivity contribution in [3.8, 4) is 0 Å². The number of carbonyl (C=O) groups is 2. The zero-order chi connectivity index (χ0) is 16.4. The van der Waals surface area contributed by atoms with Crippen LogP contribution in [0.25, 0.3) is 0 Å². The Morgan fingerprint density at radius 3 is 2.74 bits per heavy atom. The Morgan fingerprint density at radius 1 is 1.30 bits per heavy atom. The van der Waals surface area contributed by atoms with Crippen molar-refractivity contribution in [1.82, 2.24) is 4.90 Å². The Balaban J connectivity index is 1.63.